The highest BCUT2D eigenvalue weighted by Gasteiger charge is 2.42. The second kappa shape index (κ2) is 16.7. The lowest BCUT2D eigenvalue weighted by molar-refractivity contribution is 0.590. The van der Waals surface area contributed by atoms with E-state index in [1.165, 1.54) is 65.3 Å². The van der Waals surface area contributed by atoms with Crippen LogP contribution in [0.2, 0.25) is 39.3 Å². The van der Waals surface area contributed by atoms with Crippen LogP contribution < -0.4 is 20.2 Å². The summed E-state index contributed by atoms with van der Waals surface area (Å²) in [4.78, 5) is 4.87. The predicted octanol–water partition coefficient (Wildman–Crippen LogP) is 18.8. The normalized spacial score (nSPS) is 13.8. The second-order valence-electron chi connectivity index (χ2n) is 25.1. The van der Waals surface area contributed by atoms with E-state index in [0.29, 0.717) is 0 Å². The van der Waals surface area contributed by atoms with E-state index in [9.17, 15) is 0 Å². The van der Waals surface area contributed by atoms with Crippen molar-refractivity contribution in [2.75, 3.05) is 9.80 Å². The highest BCUT2D eigenvalue weighted by atomic mass is 28.3. The average Bonchev–Trinajstić information content (AvgIpc) is 3.83. The Balaban J connectivity index is 1.23. The first-order chi connectivity index (χ1) is 34.0. The number of benzene rings is 9. The lowest BCUT2D eigenvalue weighted by Gasteiger charge is -2.30. The van der Waals surface area contributed by atoms with Crippen molar-refractivity contribution in [1.29, 1.82) is 0 Å². The molecule has 1 aliphatic carbocycles. The second-order valence-corrected chi connectivity index (χ2v) is 35.3. The highest BCUT2D eigenvalue weighted by molar-refractivity contribution is 6.89. The molecule has 0 amide bonds. The zero-order valence-corrected chi connectivity index (χ0v) is 47.0. The number of fused-ring (bicyclic) bond motifs is 12. The minimum atomic E-state index is -1.58. The van der Waals surface area contributed by atoms with Gasteiger partial charge in [-0.25, -0.2) is 0 Å². The Morgan fingerprint density at radius 3 is 1.31 bits per heavy atom. The Labute approximate surface area is 430 Å². The van der Waals surface area contributed by atoms with Crippen LogP contribution in [-0.4, -0.2) is 16.1 Å². The summed E-state index contributed by atoms with van der Waals surface area (Å²) in [5.41, 5.74) is 15.9. The molecule has 0 saturated heterocycles. The molecule has 1 aliphatic rings. The number of hydrogen-bond acceptors (Lipinski definition) is 3. The van der Waals surface area contributed by atoms with Gasteiger partial charge in [-0.05, 0) is 132 Å². The van der Waals surface area contributed by atoms with Crippen LogP contribution in [0.25, 0.3) is 54.6 Å². The molecule has 0 unspecified atom stereocenters. The van der Waals surface area contributed by atoms with Crippen LogP contribution >= 0.6 is 0 Å². The molecule has 0 bridgehead atoms. The van der Waals surface area contributed by atoms with E-state index in [2.05, 4.69) is 274 Å². The van der Waals surface area contributed by atoms with E-state index in [0.717, 1.165) is 56.1 Å². The molecular weight excluding hydrogens is 905 g/mol. The van der Waals surface area contributed by atoms with Gasteiger partial charge in [0.2, 0.25) is 0 Å². The molecule has 0 aliphatic heterocycles. The van der Waals surface area contributed by atoms with Crippen molar-refractivity contribution in [3.63, 3.8) is 0 Å². The molecule has 1 aromatic heterocycles. The van der Waals surface area contributed by atoms with E-state index in [1.54, 1.807) is 0 Å². The van der Waals surface area contributed by atoms with E-state index in [1.807, 2.05) is 0 Å². The molecular formula is C67H70N2OSi2. The minimum Gasteiger partial charge on any atom is -0.454 e. The van der Waals surface area contributed by atoms with E-state index >= 15 is 0 Å². The van der Waals surface area contributed by atoms with Gasteiger partial charge in [0, 0.05) is 50.7 Å². The van der Waals surface area contributed by atoms with Crippen molar-refractivity contribution in [3.05, 3.63) is 192 Å². The van der Waals surface area contributed by atoms with Gasteiger partial charge in [0.15, 0.2) is 5.58 Å². The van der Waals surface area contributed by atoms with E-state index in [4.69, 9.17) is 4.42 Å². The third-order valence-electron chi connectivity index (χ3n) is 15.7. The maximum Gasteiger partial charge on any atom is 0.160 e. The zero-order chi connectivity index (χ0) is 50.9. The van der Waals surface area contributed by atoms with E-state index in [-0.39, 0.29) is 16.2 Å². The topological polar surface area (TPSA) is 19.6 Å². The quantitative estimate of drug-likeness (QED) is 0.112. The van der Waals surface area contributed by atoms with Crippen LogP contribution in [0.1, 0.15) is 77.6 Å². The van der Waals surface area contributed by atoms with Crippen LogP contribution in [0, 0.1) is 0 Å². The average molecular weight is 975 g/mol. The van der Waals surface area contributed by atoms with E-state index < -0.39 is 16.1 Å². The Kier molecular flexibility index (Phi) is 11.0. The monoisotopic (exact) mass is 975 g/mol. The van der Waals surface area contributed by atoms with Crippen LogP contribution in [0.4, 0.5) is 34.1 Å². The molecule has 9 aromatic carbocycles. The molecule has 0 N–H and O–H groups in total. The van der Waals surface area contributed by atoms with Crippen molar-refractivity contribution in [2.45, 2.75) is 111 Å². The number of nitrogens with zero attached hydrogens (tertiary/aromatic N) is 2. The summed E-state index contributed by atoms with van der Waals surface area (Å²) < 4.78 is 7.61. The van der Waals surface area contributed by atoms with Gasteiger partial charge in [-0.15, -0.1) is 0 Å². The predicted molar refractivity (Wildman–Crippen MR) is 319 cm³/mol. The molecule has 0 radical (unpaired) electrons. The van der Waals surface area contributed by atoms with Gasteiger partial charge in [0.05, 0.1) is 21.8 Å². The number of anilines is 6. The summed E-state index contributed by atoms with van der Waals surface area (Å²) in [6.07, 6.45) is 0. The molecule has 0 fully saturated rings. The Morgan fingerprint density at radius 2 is 0.833 bits per heavy atom. The Morgan fingerprint density at radius 1 is 0.417 bits per heavy atom. The number of furan rings is 1. The largest absolute Gasteiger partial charge is 0.454 e. The maximum absolute atomic E-state index is 7.61. The lowest BCUT2D eigenvalue weighted by atomic mass is 9.79. The van der Waals surface area contributed by atoms with Crippen LogP contribution in [0.3, 0.4) is 0 Å². The summed E-state index contributed by atoms with van der Waals surface area (Å²) >= 11 is 0. The zero-order valence-electron chi connectivity index (χ0n) is 45.0. The summed E-state index contributed by atoms with van der Waals surface area (Å²) in [7, 11) is -3.12. The third-order valence-corrected chi connectivity index (χ3v) is 19.8. The van der Waals surface area contributed by atoms with Crippen LogP contribution in [0.15, 0.2) is 174 Å². The molecule has 0 saturated carbocycles. The lowest BCUT2D eigenvalue weighted by Crippen LogP contribution is -2.37. The van der Waals surface area contributed by atoms with Gasteiger partial charge in [-0.2, -0.15) is 0 Å². The van der Waals surface area contributed by atoms with Crippen molar-refractivity contribution in [1.82, 2.24) is 0 Å². The molecule has 3 nitrogen and oxygen atoms in total. The summed E-state index contributed by atoms with van der Waals surface area (Å²) in [5.74, 6) is 0. The Hall–Kier alpha value is -6.67. The first-order valence-electron chi connectivity index (χ1n) is 26.0. The SMILES string of the molecule is CC(C)(C)c1ccc(N(c2ccc([Si](C)(C)C)cc2)c2ccc3c(c2)oc2c(N(c4ccc(C(C)(C)C)cc4)c4ccc([Si](C)(C)C)cc4)cc4c(c23)-c2c(c3ccccc3c3ccccc23)C4(C)C)cc1. The van der Waals surface area contributed by atoms with Gasteiger partial charge in [0.1, 0.15) is 5.58 Å². The standard InChI is InChI=1S/C67H70N2OSi2/c1-65(2,3)43-23-27-45(28-24-43)68(46-31-36-50(37-32-46)71(9,10)11)49-35-40-56-59(41-49)70-64-58(69(47-29-25-44(26-30-47)66(4,5)6)48-33-38-51(39-34-48)72(12,13)14)42-57-62(61(56)64)60-54-21-17-15-19-52(54)53-20-16-18-22-55(53)63(60)67(57,7)8/h15-42H,1-14H3. The first kappa shape index (κ1) is 47.6. The fourth-order valence-corrected chi connectivity index (χ4v) is 13.8. The van der Waals surface area contributed by atoms with Crippen molar-refractivity contribution in [2.24, 2.45) is 0 Å². The van der Waals surface area contributed by atoms with Crippen molar-refractivity contribution in [3.8, 4) is 11.1 Å². The third kappa shape index (κ3) is 7.91. The summed E-state index contributed by atoms with van der Waals surface area (Å²) in [6, 6.07) is 64.6. The van der Waals surface area contributed by atoms with Gasteiger partial charge >= 0.3 is 0 Å². The molecule has 11 rings (SSSR count). The molecule has 1 heterocycles. The molecule has 0 atom stereocenters. The fraction of sp³-hybridized carbons (Fsp3) is 0.254. The van der Waals surface area contributed by atoms with Gasteiger partial charge < -0.3 is 14.2 Å². The summed E-state index contributed by atoms with van der Waals surface area (Å²) in [6.45, 7) is 33.1. The molecule has 72 heavy (non-hydrogen) atoms. The van der Waals surface area contributed by atoms with Crippen molar-refractivity contribution >= 4 is 104 Å². The van der Waals surface area contributed by atoms with Gasteiger partial charge in [-0.3, -0.25) is 0 Å². The molecule has 5 heteroatoms. The Bertz CT molecular complexity index is 3610. The highest BCUT2D eigenvalue weighted by Crippen LogP contribution is 2.60. The molecule has 362 valence electrons. The number of rotatable bonds is 8. The first-order valence-corrected chi connectivity index (χ1v) is 33.0. The van der Waals surface area contributed by atoms with Crippen LogP contribution in [-0.2, 0) is 16.2 Å². The molecule has 10 aromatic rings. The fourth-order valence-electron chi connectivity index (χ4n) is 11.5. The minimum absolute atomic E-state index is 0.0137. The van der Waals surface area contributed by atoms with Crippen LogP contribution in [0.5, 0.6) is 0 Å². The summed E-state index contributed by atoms with van der Waals surface area (Å²) in [5, 5.41) is 10.3. The molecule has 0 spiro atoms. The maximum atomic E-state index is 7.61. The van der Waals surface area contributed by atoms with Gasteiger partial charge in [-0.1, -0.05) is 202 Å². The van der Waals surface area contributed by atoms with Crippen molar-refractivity contribution < 1.29 is 4.42 Å². The number of hydrogen-bond donors (Lipinski definition) is 0. The van der Waals surface area contributed by atoms with Gasteiger partial charge in [0.25, 0.3) is 0 Å². The smallest absolute Gasteiger partial charge is 0.160 e.